The van der Waals surface area contributed by atoms with Crippen LogP contribution in [0.2, 0.25) is 0 Å². The number of nitrogens with one attached hydrogen (secondary N) is 2. The monoisotopic (exact) mass is 314 g/mol. The van der Waals surface area contributed by atoms with Gasteiger partial charge in [-0.25, -0.2) is 17.9 Å². The molecule has 0 amide bonds. The number of ether oxygens (including phenoxy) is 1. The van der Waals surface area contributed by atoms with Gasteiger partial charge in [0, 0.05) is 6.54 Å². The van der Waals surface area contributed by atoms with Crippen LogP contribution in [0, 0.1) is 0 Å². The fourth-order valence-electron chi connectivity index (χ4n) is 1.79. The Bertz CT molecular complexity index is 558. The lowest BCUT2D eigenvalue weighted by atomic mass is 10.1. The van der Waals surface area contributed by atoms with Crippen molar-refractivity contribution in [2.24, 2.45) is 0 Å². The first-order valence-corrected chi connectivity index (χ1v) is 8.49. The Morgan fingerprint density at radius 1 is 1.29 bits per heavy atom. The number of methoxy groups -OCH3 is 1. The molecule has 0 radical (unpaired) electrons. The molecule has 0 aromatic heterocycles. The minimum absolute atomic E-state index is 0.154. The Hall–Kier alpha value is -1.44. The molecule has 6 nitrogen and oxygen atoms in total. The molecule has 0 aliphatic rings. The van der Waals surface area contributed by atoms with Crippen molar-refractivity contribution >= 4 is 16.0 Å². The summed E-state index contributed by atoms with van der Waals surface area (Å²) in [6.45, 7) is 4.04. The van der Waals surface area contributed by atoms with Crippen LogP contribution in [0.15, 0.2) is 24.3 Å². The van der Waals surface area contributed by atoms with Crippen LogP contribution < -0.4 is 10.0 Å². The third-order valence-electron chi connectivity index (χ3n) is 2.81. The summed E-state index contributed by atoms with van der Waals surface area (Å²) in [6, 6.07) is 6.43. The highest BCUT2D eigenvalue weighted by Gasteiger charge is 2.13. The number of hydrogen-bond acceptors (Lipinski definition) is 5. The molecule has 0 fully saturated rings. The van der Waals surface area contributed by atoms with Gasteiger partial charge in [-0.05, 0) is 37.2 Å². The van der Waals surface area contributed by atoms with Crippen molar-refractivity contribution in [1.29, 1.82) is 0 Å². The SMILES string of the molecule is CCNCCCNS(=O)(=O)Cc1cccc(C(=O)OC)c1. The largest absolute Gasteiger partial charge is 0.465 e. The molecule has 0 atom stereocenters. The number of sulfonamides is 1. The summed E-state index contributed by atoms with van der Waals surface area (Å²) in [5, 5.41) is 3.12. The lowest BCUT2D eigenvalue weighted by Crippen LogP contribution is -2.28. The van der Waals surface area contributed by atoms with Crippen LogP contribution in [0.25, 0.3) is 0 Å². The van der Waals surface area contributed by atoms with Crippen LogP contribution in [-0.2, 0) is 20.5 Å². The van der Waals surface area contributed by atoms with Gasteiger partial charge in [-0.2, -0.15) is 0 Å². The number of hydrogen-bond donors (Lipinski definition) is 2. The fraction of sp³-hybridized carbons (Fsp3) is 0.500. The Labute approximate surface area is 125 Å². The number of benzene rings is 1. The first-order chi connectivity index (χ1) is 9.98. The van der Waals surface area contributed by atoms with Gasteiger partial charge in [0.1, 0.15) is 0 Å². The standard InChI is InChI=1S/C14H22N2O4S/c1-3-15-8-5-9-16-21(18,19)11-12-6-4-7-13(10-12)14(17)20-2/h4,6-7,10,15-16H,3,5,8-9,11H2,1-2H3. The molecule has 118 valence electrons. The summed E-state index contributed by atoms with van der Waals surface area (Å²) in [6.07, 6.45) is 0.731. The number of carbonyl (C=O) groups is 1. The quantitative estimate of drug-likeness (QED) is 0.522. The molecule has 21 heavy (non-hydrogen) atoms. The van der Waals surface area contributed by atoms with Crippen LogP contribution in [-0.4, -0.2) is 41.1 Å². The summed E-state index contributed by atoms with van der Waals surface area (Å²) in [7, 11) is -2.11. The smallest absolute Gasteiger partial charge is 0.337 e. The molecule has 0 aliphatic heterocycles. The third kappa shape index (κ3) is 6.70. The molecule has 1 aromatic rings. The van der Waals surface area contributed by atoms with E-state index in [2.05, 4.69) is 14.8 Å². The minimum Gasteiger partial charge on any atom is -0.465 e. The van der Waals surface area contributed by atoms with Gasteiger partial charge >= 0.3 is 5.97 Å². The van der Waals surface area contributed by atoms with Gasteiger partial charge in [-0.3, -0.25) is 0 Å². The lowest BCUT2D eigenvalue weighted by Gasteiger charge is -2.08. The Kier molecular flexibility index (Phi) is 7.35. The first kappa shape index (κ1) is 17.6. The normalized spacial score (nSPS) is 11.3. The van der Waals surface area contributed by atoms with E-state index >= 15 is 0 Å². The van der Waals surface area contributed by atoms with E-state index in [9.17, 15) is 13.2 Å². The van der Waals surface area contributed by atoms with Crippen LogP contribution in [0.3, 0.4) is 0 Å². The molecule has 0 aliphatic carbocycles. The van der Waals surface area contributed by atoms with Crippen LogP contribution in [0.4, 0.5) is 0 Å². The zero-order valence-electron chi connectivity index (χ0n) is 12.4. The van der Waals surface area contributed by atoms with Crippen LogP contribution in [0.1, 0.15) is 29.3 Å². The average molecular weight is 314 g/mol. The lowest BCUT2D eigenvalue weighted by molar-refractivity contribution is 0.0600. The molecule has 0 spiro atoms. The highest BCUT2D eigenvalue weighted by Crippen LogP contribution is 2.09. The predicted octanol–water partition coefficient (Wildman–Crippen LogP) is 0.892. The van der Waals surface area contributed by atoms with Crippen LogP contribution in [0.5, 0.6) is 0 Å². The first-order valence-electron chi connectivity index (χ1n) is 6.84. The van der Waals surface area contributed by atoms with E-state index in [1.165, 1.54) is 13.2 Å². The minimum atomic E-state index is -3.40. The highest BCUT2D eigenvalue weighted by molar-refractivity contribution is 7.88. The number of carbonyl (C=O) groups excluding carboxylic acids is 1. The third-order valence-corrected chi connectivity index (χ3v) is 4.16. The van der Waals surface area contributed by atoms with E-state index in [-0.39, 0.29) is 5.75 Å². The second kappa shape index (κ2) is 8.76. The van der Waals surface area contributed by atoms with Crippen molar-refractivity contribution in [2.75, 3.05) is 26.7 Å². The summed E-state index contributed by atoms with van der Waals surface area (Å²) in [5.41, 5.74) is 0.898. The number of rotatable bonds is 9. The highest BCUT2D eigenvalue weighted by atomic mass is 32.2. The molecular formula is C14H22N2O4S. The van der Waals surface area contributed by atoms with Gasteiger partial charge in [-0.1, -0.05) is 19.1 Å². The summed E-state index contributed by atoms with van der Waals surface area (Å²) in [5.74, 6) is -0.633. The molecule has 2 N–H and O–H groups in total. The van der Waals surface area contributed by atoms with Gasteiger partial charge in [0.2, 0.25) is 10.0 Å². The second-order valence-corrected chi connectivity index (χ2v) is 6.36. The Morgan fingerprint density at radius 3 is 2.71 bits per heavy atom. The molecule has 0 heterocycles. The van der Waals surface area contributed by atoms with E-state index in [0.29, 0.717) is 17.7 Å². The Morgan fingerprint density at radius 2 is 2.05 bits per heavy atom. The zero-order chi connectivity index (χ0) is 15.7. The van der Waals surface area contributed by atoms with Crippen molar-refractivity contribution in [3.63, 3.8) is 0 Å². The van der Waals surface area contributed by atoms with E-state index in [0.717, 1.165) is 19.5 Å². The molecule has 0 saturated heterocycles. The van der Waals surface area contributed by atoms with Gasteiger partial charge in [0.25, 0.3) is 0 Å². The van der Waals surface area contributed by atoms with Crippen molar-refractivity contribution < 1.29 is 17.9 Å². The van der Waals surface area contributed by atoms with Crippen LogP contribution >= 0.6 is 0 Å². The van der Waals surface area contributed by atoms with E-state index in [1.54, 1.807) is 18.2 Å². The van der Waals surface area contributed by atoms with Crippen molar-refractivity contribution in [3.8, 4) is 0 Å². The van der Waals surface area contributed by atoms with Gasteiger partial charge in [0.15, 0.2) is 0 Å². The molecule has 0 unspecified atom stereocenters. The maximum absolute atomic E-state index is 11.9. The molecule has 1 aromatic carbocycles. The number of esters is 1. The second-order valence-electron chi connectivity index (χ2n) is 4.55. The summed E-state index contributed by atoms with van der Waals surface area (Å²) in [4.78, 5) is 11.4. The van der Waals surface area contributed by atoms with Gasteiger partial charge in [-0.15, -0.1) is 0 Å². The molecule has 0 bridgehead atoms. The molecule has 1 rings (SSSR count). The maximum Gasteiger partial charge on any atom is 0.337 e. The van der Waals surface area contributed by atoms with E-state index < -0.39 is 16.0 Å². The van der Waals surface area contributed by atoms with Gasteiger partial charge < -0.3 is 10.1 Å². The zero-order valence-corrected chi connectivity index (χ0v) is 13.2. The summed E-state index contributed by atoms with van der Waals surface area (Å²) >= 11 is 0. The maximum atomic E-state index is 11.9. The average Bonchev–Trinajstić information content (AvgIpc) is 2.46. The molecule has 0 saturated carbocycles. The van der Waals surface area contributed by atoms with Gasteiger partial charge in [0.05, 0.1) is 18.4 Å². The van der Waals surface area contributed by atoms with E-state index in [4.69, 9.17) is 0 Å². The van der Waals surface area contributed by atoms with E-state index in [1.807, 2.05) is 6.92 Å². The van der Waals surface area contributed by atoms with Crippen molar-refractivity contribution in [2.45, 2.75) is 19.1 Å². The predicted molar refractivity (Wildman–Crippen MR) is 81.6 cm³/mol. The summed E-state index contributed by atoms with van der Waals surface area (Å²) < 4.78 is 31.0. The topological polar surface area (TPSA) is 84.5 Å². The molecule has 7 heteroatoms. The Balaban J connectivity index is 2.56. The fourth-order valence-corrected chi connectivity index (χ4v) is 2.97. The molecular weight excluding hydrogens is 292 g/mol. The van der Waals surface area contributed by atoms with Crippen molar-refractivity contribution in [3.05, 3.63) is 35.4 Å². The van der Waals surface area contributed by atoms with Crippen molar-refractivity contribution in [1.82, 2.24) is 10.0 Å².